The average Bonchev–Trinajstić information content (AvgIpc) is 1.88. The summed E-state index contributed by atoms with van der Waals surface area (Å²) in [6.07, 6.45) is 7.36. The van der Waals surface area contributed by atoms with Crippen molar-refractivity contribution in [3.05, 3.63) is 30.0 Å². The Morgan fingerprint density at radius 1 is 1.70 bits per heavy atom. The second-order valence-corrected chi connectivity index (χ2v) is 2.81. The Morgan fingerprint density at radius 2 is 2.50 bits per heavy atom. The van der Waals surface area contributed by atoms with Crippen LogP contribution in [0.1, 0.15) is 0 Å². The maximum atomic E-state index is 10.5. The molecule has 0 spiro atoms. The monoisotopic (exact) mass is 247 g/mol. The minimum absolute atomic E-state index is 0.0226. The lowest BCUT2D eigenvalue weighted by Crippen LogP contribution is -2.27. The third-order valence-electron chi connectivity index (χ3n) is 1.07. The van der Waals surface area contributed by atoms with E-state index in [-0.39, 0.29) is 9.96 Å². The van der Waals surface area contributed by atoms with E-state index >= 15 is 0 Å². The van der Waals surface area contributed by atoms with Crippen molar-refractivity contribution in [1.29, 1.82) is 0 Å². The number of nitrogens with one attached hydrogen (secondary N) is 1. The summed E-state index contributed by atoms with van der Waals surface area (Å²) in [4.78, 5) is 10.5. The highest BCUT2D eigenvalue weighted by atomic mass is 127. The normalized spacial score (nSPS) is 21.1. The van der Waals surface area contributed by atoms with Crippen LogP contribution in [0.15, 0.2) is 30.0 Å². The molecule has 1 unspecified atom stereocenters. The molecule has 1 aliphatic carbocycles. The third-order valence-corrected chi connectivity index (χ3v) is 1.38. The first-order valence-corrected chi connectivity index (χ1v) is 3.92. The van der Waals surface area contributed by atoms with E-state index in [4.69, 9.17) is 0 Å². The number of rotatable bonds is 1. The Kier molecular flexibility index (Phi) is 2.71. The maximum absolute atomic E-state index is 10.5. The van der Waals surface area contributed by atoms with Gasteiger partial charge >= 0.3 is 0 Å². The van der Waals surface area contributed by atoms with Crippen molar-refractivity contribution < 1.29 is 4.79 Å². The molecule has 1 N–H and O–H groups in total. The number of amides is 1. The molecular formula is C7H6INO. The number of carbonyl (C=O) groups excluding carboxylic acids is 1. The SMILES string of the molecule is O=C(I)NC1C=C=CC=C1. The summed E-state index contributed by atoms with van der Waals surface area (Å²) in [7, 11) is 0. The molecule has 0 aliphatic heterocycles. The topological polar surface area (TPSA) is 29.1 Å². The molecule has 0 bridgehead atoms. The third kappa shape index (κ3) is 2.37. The van der Waals surface area contributed by atoms with E-state index < -0.39 is 0 Å². The molecule has 0 aromatic carbocycles. The molecule has 1 atom stereocenters. The summed E-state index contributed by atoms with van der Waals surface area (Å²) < 4.78 is -0.0489. The zero-order valence-electron chi connectivity index (χ0n) is 5.17. The van der Waals surface area contributed by atoms with E-state index in [1.54, 1.807) is 34.7 Å². The van der Waals surface area contributed by atoms with Crippen LogP contribution >= 0.6 is 22.6 Å². The number of hydrogen-bond acceptors (Lipinski definition) is 1. The zero-order chi connectivity index (χ0) is 7.40. The minimum atomic E-state index is -0.0489. The van der Waals surface area contributed by atoms with Crippen LogP contribution in [0.5, 0.6) is 0 Å². The second-order valence-electron chi connectivity index (χ2n) is 1.83. The number of halogens is 1. The lowest BCUT2D eigenvalue weighted by molar-refractivity contribution is 0.262. The molecule has 2 nitrogen and oxygen atoms in total. The van der Waals surface area contributed by atoms with Crippen LogP contribution in [0.3, 0.4) is 0 Å². The van der Waals surface area contributed by atoms with Crippen molar-refractivity contribution in [2.75, 3.05) is 0 Å². The van der Waals surface area contributed by atoms with Crippen molar-refractivity contribution in [3.63, 3.8) is 0 Å². The van der Waals surface area contributed by atoms with Gasteiger partial charge in [0.05, 0.1) is 6.04 Å². The maximum Gasteiger partial charge on any atom is 0.281 e. The molecule has 0 saturated carbocycles. The largest absolute Gasteiger partial charge is 0.337 e. The van der Waals surface area contributed by atoms with E-state index in [1.807, 2.05) is 12.2 Å². The van der Waals surface area contributed by atoms with Crippen molar-refractivity contribution >= 4 is 26.5 Å². The van der Waals surface area contributed by atoms with Crippen molar-refractivity contribution in [1.82, 2.24) is 5.32 Å². The molecule has 3 heteroatoms. The van der Waals surface area contributed by atoms with Crippen LogP contribution in [-0.2, 0) is 0 Å². The molecule has 1 rings (SSSR count). The Balaban J connectivity index is 2.52. The fourth-order valence-corrected chi connectivity index (χ4v) is 1.03. The van der Waals surface area contributed by atoms with Crippen LogP contribution < -0.4 is 5.32 Å². The van der Waals surface area contributed by atoms with Crippen molar-refractivity contribution in [2.45, 2.75) is 6.04 Å². The fraction of sp³-hybridized carbons (Fsp3) is 0.143. The van der Waals surface area contributed by atoms with Crippen molar-refractivity contribution in [2.24, 2.45) is 0 Å². The van der Waals surface area contributed by atoms with Gasteiger partial charge in [-0.2, -0.15) is 0 Å². The van der Waals surface area contributed by atoms with Gasteiger partial charge in [0, 0.05) is 22.6 Å². The molecule has 0 radical (unpaired) electrons. The Hall–Kier alpha value is -0.540. The molecule has 0 heterocycles. The molecule has 0 fully saturated rings. The van der Waals surface area contributed by atoms with E-state index in [2.05, 4.69) is 11.0 Å². The quantitative estimate of drug-likeness (QED) is 0.325. The Bertz CT molecular complexity index is 226. The molecule has 0 aromatic rings. The summed E-state index contributed by atoms with van der Waals surface area (Å²) in [6, 6.07) is 0.0226. The minimum Gasteiger partial charge on any atom is -0.337 e. The molecule has 1 aliphatic rings. The first kappa shape index (κ1) is 7.57. The Morgan fingerprint density at radius 3 is 3.00 bits per heavy atom. The van der Waals surface area contributed by atoms with Gasteiger partial charge in [0.2, 0.25) is 0 Å². The van der Waals surface area contributed by atoms with Crippen LogP contribution in [0, 0.1) is 0 Å². The van der Waals surface area contributed by atoms with Gasteiger partial charge in [-0.1, -0.05) is 12.2 Å². The number of hydrogen-bond donors (Lipinski definition) is 1. The highest BCUT2D eigenvalue weighted by molar-refractivity contribution is 14.1. The van der Waals surface area contributed by atoms with Gasteiger partial charge in [0.25, 0.3) is 3.91 Å². The smallest absolute Gasteiger partial charge is 0.281 e. The van der Waals surface area contributed by atoms with Gasteiger partial charge in [-0.15, -0.1) is 5.73 Å². The van der Waals surface area contributed by atoms with Crippen LogP contribution in [0.25, 0.3) is 0 Å². The van der Waals surface area contributed by atoms with Gasteiger partial charge in [-0.3, -0.25) is 4.79 Å². The van der Waals surface area contributed by atoms with Crippen LogP contribution in [-0.4, -0.2) is 9.96 Å². The van der Waals surface area contributed by atoms with Crippen LogP contribution in [0.4, 0.5) is 4.79 Å². The predicted octanol–water partition coefficient (Wildman–Crippen LogP) is 1.78. The fourth-order valence-electron chi connectivity index (χ4n) is 0.666. The first-order chi connectivity index (χ1) is 4.79. The van der Waals surface area contributed by atoms with E-state index in [0.29, 0.717) is 0 Å². The van der Waals surface area contributed by atoms with E-state index in [1.165, 1.54) is 0 Å². The summed E-state index contributed by atoms with van der Waals surface area (Å²) in [5.41, 5.74) is 2.89. The standard InChI is InChI=1S/C7H6INO/c8-7(10)9-6-4-2-1-3-5-6/h1-2,4-6H,(H,9,10). The van der Waals surface area contributed by atoms with Gasteiger partial charge in [-0.25, -0.2) is 0 Å². The highest BCUT2D eigenvalue weighted by Crippen LogP contribution is 1.96. The Labute approximate surface area is 72.8 Å². The summed E-state index contributed by atoms with van der Waals surface area (Å²) in [5.74, 6) is 0. The average molecular weight is 247 g/mol. The van der Waals surface area contributed by atoms with E-state index in [9.17, 15) is 4.79 Å². The summed E-state index contributed by atoms with van der Waals surface area (Å²) >= 11 is 1.70. The zero-order valence-corrected chi connectivity index (χ0v) is 7.33. The lowest BCUT2D eigenvalue weighted by Gasteiger charge is -2.06. The van der Waals surface area contributed by atoms with E-state index in [0.717, 1.165) is 0 Å². The van der Waals surface area contributed by atoms with Gasteiger partial charge in [-0.05, 0) is 12.2 Å². The molecule has 52 valence electrons. The summed E-state index contributed by atoms with van der Waals surface area (Å²) in [5, 5.41) is 2.70. The predicted molar refractivity (Wildman–Crippen MR) is 48.1 cm³/mol. The van der Waals surface area contributed by atoms with Gasteiger partial charge in [0.15, 0.2) is 0 Å². The molecule has 1 amide bonds. The molecule has 10 heavy (non-hydrogen) atoms. The molecule has 0 aromatic heterocycles. The number of allylic oxidation sites excluding steroid dienone is 1. The summed E-state index contributed by atoms with van der Waals surface area (Å²) in [6.45, 7) is 0. The number of carbonyl (C=O) groups is 1. The lowest BCUT2D eigenvalue weighted by atomic mass is 10.2. The second kappa shape index (κ2) is 3.58. The highest BCUT2D eigenvalue weighted by Gasteiger charge is 2.01. The van der Waals surface area contributed by atoms with Crippen molar-refractivity contribution in [3.8, 4) is 0 Å². The molecular weight excluding hydrogens is 241 g/mol. The first-order valence-electron chi connectivity index (χ1n) is 2.84. The van der Waals surface area contributed by atoms with Gasteiger partial charge in [0.1, 0.15) is 0 Å². The van der Waals surface area contributed by atoms with Gasteiger partial charge < -0.3 is 5.32 Å². The molecule has 0 saturated heterocycles. The van der Waals surface area contributed by atoms with Crippen LogP contribution in [0.2, 0.25) is 0 Å².